The van der Waals surface area contributed by atoms with Crippen molar-refractivity contribution in [3.63, 3.8) is 0 Å². The molecule has 1 fully saturated rings. The number of nitrogen functional groups attached to an aromatic ring is 1. The van der Waals surface area contributed by atoms with Crippen LogP contribution in [0.15, 0.2) is 16.7 Å². The molecule has 1 heterocycles. The molecular formula is C13H20BrN3. The van der Waals surface area contributed by atoms with Crippen LogP contribution in [0.1, 0.15) is 39.0 Å². The number of nitrogens with one attached hydrogen (secondary N) is 1. The number of anilines is 2. The third kappa shape index (κ3) is 3.12. The van der Waals surface area contributed by atoms with E-state index in [2.05, 4.69) is 33.2 Å². The molecule has 0 radical (unpaired) electrons. The maximum atomic E-state index is 5.69. The number of nitrogens with two attached hydrogens (primary N) is 1. The third-order valence-electron chi connectivity index (χ3n) is 3.62. The molecule has 0 bridgehead atoms. The van der Waals surface area contributed by atoms with Crippen LogP contribution in [0.4, 0.5) is 11.5 Å². The van der Waals surface area contributed by atoms with E-state index in [0.29, 0.717) is 11.7 Å². The average Bonchev–Trinajstić information content (AvgIpc) is 2.33. The second-order valence-corrected chi connectivity index (χ2v) is 5.66. The summed E-state index contributed by atoms with van der Waals surface area (Å²) < 4.78 is 0.956. The van der Waals surface area contributed by atoms with Gasteiger partial charge in [-0.05, 0) is 40.8 Å². The summed E-state index contributed by atoms with van der Waals surface area (Å²) in [5.74, 6) is 1.69. The van der Waals surface area contributed by atoms with Gasteiger partial charge in [-0.1, -0.05) is 26.2 Å². The molecule has 3 N–H and O–H groups in total. The Labute approximate surface area is 111 Å². The van der Waals surface area contributed by atoms with Crippen molar-refractivity contribution < 1.29 is 0 Å². The van der Waals surface area contributed by atoms with Gasteiger partial charge in [0.05, 0.1) is 16.4 Å². The molecule has 0 aliphatic heterocycles. The summed E-state index contributed by atoms with van der Waals surface area (Å²) in [7, 11) is 0. The summed E-state index contributed by atoms with van der Waals surface area (Å²) in [5.41, 5.74) is 6.39. The van der Waals surface area contributed by atoms with Gasteiger partial charge in [-0.25, -0.2) is 4.98 Å². The van der Waals surface area contributed by atoms with Crippen molar-refractivity contribution in [1.29, 1.82) is 0 Å². The van der Waals surface area contributed by atoms with Crippen molar-refractivity contribution in [3.05, 3.63) is 16.7 Å². The Kier molecular flexibility index (Phi) is 4.26. The van der Waals surface area contributed by atoms with Crippen LogP contribution in [0.25, 0.3) is 0 Å². The molecule has 0 amide bonds. The first-order chi connectivity index (χ1) is 8.20. The standard InChI is InChI=1S/C13H20BrN3/c1-2-9-5-3-4-6-12(9)17-13-11(14)7-10(15)8-16-13/h7-9,12H,2-6,15H2,1H3,(H,16,17). The van der Waals surface area contributed by atoms with Crippen LogP contribution in [0.5, 0.6) is 0 Å². The summed E-state index contributed by atoms with van der Waals surface area (Å²) in [5, 5.41) is 3.56. The lowest BCUT2D eigenvalue weighted by molar-refractivity contribution is 0.316. The zero-order valence-electron chi connectivity index (χ0n) is 10.2. The van der Waals surface area contributed by atoms with Crippen molar-refractivity contribution in [2.45, 2.75) is 45.1 Å². The fourth-order valence-electron chi connectivity index (χ4n) is 2.62. The van der Waals surface area contributed by atoms with Crippen LogP contribution >= 0.6 is 15.9 Å². The van der Waals surface area contributed by atoms with Crippen LogP contribution in [-0.2, 0) is 0 Å². The molecule has 2 rings (SSSR count). The van der Waals surface area contributed by atoms with Crippen molar-refractivity contribution in [1.82, 2.24) is 4.98 Å². The van der Waals surface area contributed by atoms with Gasteiger partial charge in [0, 0.05) is 6.04 Å². The third-order valence-corrected chi connectivity index (χ3v) is 4.22. The Hall–Kier alpha value is -0.770. The van der Waals surface area contributed by atoms with E-state index in [1.807, 2.05) is 6.07 Å². The van der Waals surface area contributed by atoms with Crippen molar-refractivity contribution in [2.75, 3.05) is 11.1 Å². The van der Waals surface area contributed by atoms with Gasteiger partial charge in [-0.15, -0.1) is 0 Å². The number of halogens is 1. The first-order valence-electron chi connectivity index (χ1n) is 6.38. The highest BCUT2D eigenvalue weighted by atomic mass is 79.9. The molecule has 17 heavy (non-hydrogen) atoms. The molecular weight excluding hydrogens is 278 g/mol. The van der Waals surface area contributed by atoms with Crippen molar-refractivity contribution >= 4 is 27.4 Å². The smallest absolute Gasteiger partial charge is 0.140 e. The number of rotatable bonds is 3. The predicted molar refractivity (Wildman–Crippen MR) is 76.0 cm³/mol. The lowest BCUT2D eigenvalue weighted by Gasteiger charge is -2.32. The van der Waals surface area contributed by atoms with E-state index in [0.717, 1.165) is 16.2 Å². The van der Waals surface area contributed by atoms with Crippen molar-refractivity contribution in [2.24, 2.45) is 5.92 Å². The minimum Gasteiger partial charge on any atom is -0.397 e. The number of nitrogens with zero attached hydrogens (tertiary/aromatic N) is 1. The number of pyridine rings is 1. The molecule has 2 atom stereocenters. The molecule has 1 aromatic heterocycles. The summed E-state index contributed by atoms with van der Waals surface area (Å²) >= 11 is 3.51. The fourth-order valence-corrected chi connectivity index (χ4v) is 3.10. The van der Waals surface area contributed by atoms with Gasteiger partial charge in [0.1, 0.15) is 5.82 Å². The Morgan fingerprint density at radius 3 is 2.94 bits per heavy atom. The van der Waals surface area contributed by atoms with E-state index >= 15 is 0 Å². The number of aromatic nitrogens is 1. The summed E-state index contributed by atoms with van der Waals surface area (Å²) in [4.78, 5) is 4.36. The molecule has 0 aromatic carbocycles. The second-order valence-electron chi connectivity index (χ2n) is 4.80. The van der Waals surface area contributed by atoms with Crippen molar-refractivity contribution in [3.8, 4) is 0 Å². The van der Waals surface area contributed by atoms with Crippen LogP contribution < -0.4 is 11.1 Å². The van der Waals surface area contributed by atoms with Gasteiger partial charge < -0.3 is 11.1 Å². The minimum absolute atomic E-state index is 0.557. The topological polar surface area (TPSA) is 50.9 Å². The molecule has 0 saturated heterocycles. The Bertz CT molecular complexity index is 381. The van der Waals surface area contributed by atoms with Crippen LogP contribution in [0.2, 0.25) is 0 Å². The van der Waals surface area contributed by atoms with Gasteiger partial charge in [-0.3, -0.25) is 0 Å². The molecule has 2 unspecified atom stereocenters. The van der Waals surface area contributed by atoms with E-state index in [4.69, 9.17) is 5.73 Å². The zero-order chi connectivity index (χ0) is 12.3. The molecule has 3 nitrogen and oxygen atoms in total. The summed E-state index contributed by atoms with van der Waals surface area (Å²) in [6.07, 6.45) is 8.21. The number of hydrogen-bond acceptors (Lipinski definition) is 3. The highest BCUT2D eigenvalue weighted by molar-refractivity contribution is 9.10. The van der Waals surface area contributed by atoms with E-state index in [9.17, 15) is 0 Å². The average molecular weight is 298 g/mol. The Morgan fingerprint density at radius 1 is 1.47 bits per heavy atom. The normalized spacial score (nSPS) is 24.6. The second kappa shape index (κ2) is 5.71. The van der Waals surface area contributed by atoms with E-state index < -0.39 is 0 Å². The minimum atomic E-state index is 0.557. The maximum Gasteiger partial charge on any atom is 0.140 e. The van der Waals surface area contributed by atoms with Gasteiger partial charge >= 0.3 is 0 Å². The molecule has 4 heteroatoms. The number of hydrogen-bond donors (Lipinski definition) is 2. The van der Waals surface area contributed by atoms with E-state index in [-0.39, 0.29) is 0 Å². The molecule has 1 saturated carbocycles. The summed E-state index contributed by atoms with van der Waals surface area (Å²) in [6.45, 7) is 2.27. The SMILES string of the molecule is CCC1CCCCC1Nc1ncc(N)cc1Br. The molecule has 1 aromatic rings. The lowest BCUT2D eigenvalue weighted by Crippen LogP contribution is -2.32. The molecule has 1 aliphatic carbocycles. The zero-order valence-corrected chi connectivity index (χ0v) is 11.8. The van der Waals surface area contributed by atoms with Gasteiger partial charge in [-0.2, -0.15) is 0 Å². The van der Waals surface area contributed by atoms with Gasteiger partial charge in [0.2, 0.25) is 0 Å². The lowest BCUT2D eigenvalue weighted by atomic mass is 9.83. The first kappa shape index (κ1) is 12.7. The summed E-state index contributed by atoms with van der Waals surface area (Å²) in [6, 6.07) is 2.46. The largest absolute Gasteiger partial charge is 0.397 e. The van der Waals surface area contributed by atoms with Crippen LogP contribution in [0.3, 0.4) is 0 Å². The van der Waals surface area contributed by atoms with Gasteiger partial charge in [0.25, 0.3) is 0 Å². The first-order valence-corrected chi connectivity index (χ1v) is 7.17. The molecule has 0 spiro atoms. The van der Waals surface area contributed by atoms with Gasteiger partial charge in [0.15, 0.2) is 0 Å². The van der Waals surface area contributed by atoms with E-state index in [1.165, 1.54) is 32.1 Å². The fraction of sp³-hybridized carbons (Fsp3) is 0.615. The van der Waals surface area contributed by atoms with Crippen LogP contribution in [-0.4, -0.2) is 11.0 Å². The van der Waals surface area contributed by atoms with E-state index in [1.54, 1.807) is 6.20 Å². The highest BCUT2D eigenvalue weighted by Crippen LogP contribution is 2.31. The Morgan fingerprint density at radius 2 is 2.24 bits per heavy atom. The quantitative estimate of drug-likeness (QED) is 0.892. The van der Waals surface area contributed by atoms with Crippen LogP contribution in [0, 0.1) is 5.92 Å². The maximum absolute atomic E-state index is 5.69. The molecule has 94 valence electrons. The Balaban J connectivity index is 2.08. The highest BCUT2D eigenvalue weighted by Gasteiger charge is 2.24. The monoisotopic (exact) mass is 297 g/mol. The molecule has 1 aliphatic rings. The predicted octanol–water partition coefficient (Wildman–Crippen LogP) is 3.81.